The average Bonchev–Trinajstić information content (AvgIpc) is 1.98. The molecule has 0 aliphatic carbocycles. The fraction of sp³-hybridized carbons (Fsp3) is 0.714. The molecule has 5 nitrogen and oxygen atoms in total. The Balaban J connectivity index is 3.69. The molecule has 5 heteroatoms. The van der Waals surface area contributed by atoms with Gasteiger partial charge in [0.15, 0.2) is 0 Å². The molecule has 70 valence electrons. The number of carbonyl (C=O) groups excluding carboxylic acids is 2. The Morgan fingerprint density at radius 2 is 2.08 bits per heavy atom. The van der Waals surface area contributed by atoms with Gasteiger partial charge in [0.25, 0.3) is 0 Å². The molecule has 2 amide bonds. The molecule has 0 rings (SSSR count). The van der Waals surface area contributed by atoms with Gasteiger partial charge in [-0.1, -0.05) is 6.92 Å². The van der Waals surface area contributed by atoms with E-state index in [2.05, 4.69) is 5.32 Å². The number of primary amides is 1. The van der Waals surface area contributed by atoms with E-state index in [1.165, 1.54) is 0 Å². The van der Waals surface area contributed by atoms with Crippen molar-refractivity contribution in [1.29, 1.82) is 0 Å². The molecule has 0 saturated carbocycles. The lowest BCUT2D eigenvalue weighted by Crippen LogP contribution is -2.43. The quantitative estimate of drug-likeness (QED) is 0.482. The van der Waals surface area contributed by atoms with Crippen molar-refractivity contribution in [1.82, 2.24) is 5.32 Å². The van der Waals surface area contributed by atoms with E-state index in [1.54, 1.807) is 0 Å². The van der Waals surface area contributed by atoms with Crippen molar-refractivity contribution >= 4 is 11.8 Å². The van der Waals surface area contributed by atoms with Crippen LogP contribution in [0.2, 0.25) is 0 Å². The molecule has 1 atom stereocenters. The molecule has 0 aliphatic rings. The minimum Gasteiger partial charge on any atom is -0.370 e. The summed E-state index contributed by atoms with van der Waals surface area (Å²) in [6.07, 6.45) is 0.741. The summed E-state index contributed by atoms with van der Waals surface area (Å²) in [6, 6.07) is -0.811. The van der Waals surface area contributed by atoms with Crippen molar-refractivity contribution in [3.63, 3.8) is 0 Å². The van der Waals surface area contributed by atoms with Gasteiger partial charge in [-0.25, -0.2) is 0 Å². The van der Waals surface area contributed by atoms with Gasteiger partial charge in [-0.15, -0.1) is 0 Å². The summed E-state index contributed by atoms with van der Waals surface area (Å²) in [4.78, 5) is 21.3. The minimum absolute atomic E-state index is 0.102. The Morgan fingerprint density at radius 3 is 2.50 bits per heavy atom. The third kappa shape index (κ3) is 4.68. The summed E-state index contributed by atoms with van der Waals surface area (Å²) in [5, 5.41) is 2.57. The Morgan fingerprint density at radius 1 is 1.50 bits per heavy atom. The number of carbonyl (C=O) groups is 2. The van der Waals surface area contributed by atoms with E-state index in [-0.39, 0.29) is 12.3 Å². The molecule has 0 aromatic rings. The van der Waals surface area contributed by atoms with E-state index < -0.39 is 11.9 Å². The third-order valence-corrected chi connectivity index (χ3v) is 1.31. The topological polar surface area (TPSA) is 98.2 Å². The summed E-state index contributed by atoms with van der Waals surface area (Å²) >= 11 is 0. The maximum absolute atomic E-state index is 11.0. The Kier molecular flexibility index (Phi) is 5.03. The number of nitrogens with two attached hydrogens (primary N) is 2. The molecule has 1 unspecified atom stereocenters. The molecule has 0 aliphatic heterocycles. The lowest BCUT2D eigenvalue weighted by Gasteiger charge is -2.08. The molecule has 5 N–H and O–H groups in total. The zero-order valence-corrected chi connectivity index (χ0v) is 7.17. The number of amides is 2. The first-order valence-electron chi connectivity index (χ1n) is 3.89. The predicted octanol–water partition coefficient (Wildman–Crippen LogP) is -1.28. The first-order chi connectivity index (χ1) is 5.57. The highest BCUT2D eigenvalue weighted by Gasteiger charge is 2.14. The predicted molar refractivity (Wildman–Crippen MR) is 45.1 cm³/mol. The van der Waals surface area contributed by atoms with Crippen LogP contribution < -0.4 is 16.8 Å². The van der Waals surface area contributed by atoms with Gasteiger partial charge in [0.1, 0.15) is 0 Å². The Hall–Kier alpha value is -1.10. The van der Waals surface area contributed by atoms with Crippen molar-refractivity contribution in [2.24, 2.45) is 11.5 Å². The zero-order chi connectivity index (χ0) is 9.56. The van der Waals surface area contributed by atoms with Crippen LogP contribution in [0.15, 0.2) is 0 Å². The number of nitrogens with one attached hydrogen (secondary N) is 1. The third-order valence-electron chi connectivity index (χ3n) is 1.31. The van der Waals surface area contributed by atoms with Crippen LogP contribution >= 0.6 is 0 Å². The second-order valence-corrected chi connectivity index (χ2v) is 2.57. The van der Waals surface area contributed by atoms with Gasteiger partial charge in [0.2, 0.25) is 11.8 Å². The van der Waals surface area contributed by atoms with Crippen LogP contribution in [-0.4, -0.2) is 24.4 Å². The Bertz CT molecular complexity index is 170. The molecule has 0 aromatic heterocycles. The van der Waals surface area contributed by atoms with Crippen molar-refractivity contribution in [2.75, 3.05) is 6.54 Å². The molecular formula is C7H15N3O2. The molecule has 0 radical (unpaired) electrons. The second kappa shape index (κ2) is 5.54. The van der Waals surface area contributed by atoms with E-state index in [4.69, 9.17) is 11.5 Å². The van der Waals surface area contributed by atoms with Crippen LogP contribution in [0.1, 0.15) is 19.8 Å². The van der Waals surface area contributed by atoms with Crippen molar-refractivity contribution in [3.05, 3.63) is 0 Å². The second-order valence-electron chi connectivity index (χ2n) is 2.57. The number of hydrogen-bond donors (Lipinski definition) is 3. The van der Waals surface area contributed by atoms with Crippen molar-refractivity contribution in [3.8, 4) is 0 Å². The summed E-state index contributed by atoms with van der Waals surface area (Å²) < 4.78 is 0. The number of rotatable bonds is 5. The van der Waals surface area contributed by atoms with E-state index in [0.29, 0.717) is 6.54 Å². The normalized spacial score (nSPS) is 12.2. The van der Waals surface area contributed by atoms with Gasteiger partial charge >= 0.3 is 0 Å². The van der Waals surface area contributed by atoms with Gasteiger partial charge in [-0.3, -0.25) is 9.59 Å². The highest BCUT2D eigenvalue weighted by atomic mass is 16.2. The smallest absolute Gasteiger partial charge is 0.237 e. The first kappa shape index (κ1) is 10.9. The van der Waals surface area contributed by atoms with Gasteiger partial charge in [0, 0.05) is 6.54 Å². The highest BCUT2D eigenvalue weighted by Crippen LogP contribution is 1.86. The van der Waals surface area contributed by atoms with E-state index in [1.807, 2.05) is 6.92 Å². The van der Waals surface area contributed by atoms with E-state index in [9.17, 15) is 9.59 Å². The standard InChI is InChI=1S/C7H15N3O2/c1-2-3-10-7(12)5(8)4-6(9)11/h5H,2-4,8H2,1H3,(H2,9,11)(H,10,12). The number of hydrogen-bond acceptors (Lipinski definition) is 3. The SMILES string of the molecule is CCCNC(=O)C(N)CC(N)=O. The van der Waals surface area contributed by atoms with E-state index in [0.717, 1.165) is 6.42 Å². The van der Waals surface area contributed by atoms with Crippen LogP contribution in [-0.2, 0) is 9.59 Å². The summed E-state index contributed by atoms with van der Waals surface area (Å²) in [7, 11) is 0. The first-order valence-corrected chi connectivity index (χ1v) is 3.89. The van der Waals surface area contributed by atoms with Crippen molar-refractivity contribution < 1.29 is 9.59 Å². The molecule has 0 fully saturated rings. The van der Waals surface area contributed by atoms with Crippen LogP contribution in [0.5, 0.6) is 0 Å². The Labute approximate surface area is 71.5 Å². The summed E-state index contributed by atoms with van der Waals surface area (Å²) in [5.74, 6) is -0.884. The fourth-order valence-corrected chi connectivity index (χ4v) is 0.689. The van der Waals surface area contributed by atoms with Crippen LogP contribution in [0, 0.1) is 0 Å². The molecule has 0 heterocycles. The van der Waals surface area contributed by atoms with Gasteiger partial charge < -0.3 is 16.8 Å². The lowest BCUT2D eigenvalue weighted by molar-refractivity contribution is -0.126. The monoisotopic (exact) mass is 173 g/mol. The molecule has 12 heavy (non-hydrogen) atoms. The van der Waals surface area contributed by atoms with Gasteiger partial charge in [-0.2, -0.15) is 0 Å². The highest BCUT2D eigenvalue weighted by molar-refractivity contribution is 5.87. The van der Waals surface area contributed by atoms with Crippen LogP contribution in [0.3, 0.4) is 0 Å². The molecule has 0 spiro atoms. The largest absolute Gasteiger partial charge is 0.370 e. The molecule has 0 bridgehead atoms. The fourth-order valence-electron chi connectivity index (χ4n) is 0.689. The molecule has 0 aromatic carbocycles. The summed E-state index contributed by atoms with van der Waals surface area (Å²) in [5.41, 5.74) is 10.2. The maximum atomic E-state index is 11.0. The van der Waals surface area contributed by atoms with E-state index >= 15 is 0 Å². The van der Waals surface area contributed by atoms with Gasteiger partial charge in [-0.05, 0) is 6.42 Å². The van der Waals surface area contributed by atoms with Gasteiger partial charge in [0.05, 0.1) is 12.5 Å². The molecular weight excluding hydrogens is 158 g/mol. The minimum atomic E-state index is -0.811. The summed E-state index contributed by atoms with van der Waals surface area (Å²) in [6.45, 7) is 2.51. The maximum Gasteiger partial charge on any atom is 0.237 e. The van der Waals surface area contributed by atoms with Crippen LogP contribution in [0.4, 0.5) is 0 Å². The average molecular weight is 173 g/mol. The molecule has 0 saturated heterocycles. The lowest BCUT2D eigenvalue weighted by atomic mass is 10.2. The van der Waals surface area contributed by atoms with Crippen LogP contribution in [0.25, 0.3) is 0 Å². The zero-order valence-electron chi connectivity index (χ0n) is 7.17. The van der Waals surface area contributed by atoms with Crippen molar-refractivity contribution in [2.45, 2.75) is 25.8 Å².